The maximum atomic E-state index is 4.23. The van der Waals surface area contributed by atoms with E-state index in [0.717, 1.165) is 29.9 Å². The number of hydrogen-bond acceptors (Lipinski definition) is 3. The summed E-state index contributed by atoms with van der Waals surface area (Å²) >= 11 is 0. The number of aromatic nitrogens is 2. The van der Waals surface area contributed by atoms with Crippen molar-refractivity contribution in [1.29, 1.82) is 0 Å². The first-order chi connectivity index (χ1) is 7.45. The SMILES string of the molecule is c1ccc2c(c1)NCCc1ccnnc1-2. The predicted octanol–water partition coefficient (Wildman–Crippen LogP) is 2.11. The van der Waals surface area contributed by atoms with Crippen molar-refractivity contribution in [3.8, 4) is 11.3 Å². The second kappa shape index (κ2) is 3.35. The molecule has 0 saturated heterocycles. The van der Waals surface area contributed by atoms with Crippen molar-refractivity contribution >= 4 is 5.69 Å². The van der Waals surface area contributed by atoms with Crippen LogP contribution in [-0.4, -0.2) is 16.7 Å². The van der Waals surface area contributed by atoms with Crippen LogP contribution in [0.5, 0.6) is 0 Å². The lowest BCUT2D eigenvalue weighted by molar-refractivity contribution is 0.973. The molecule has 0 amide bonds. The molecule has 0 bridgehead atoms. The molecule has 0 atom stereocenters. The fourth-order valence-corrected chi connectivity index (χ4v) is 1.96. The molecule has 1 aromatic carbocycles. The molecule has 0 aliphatic carbocycles. The van der Waals surface area contributed by atoms with Crippen LogP contribution in [0.2, 0.25) is 0 Å². The molecule has 15 heavy (non-hydrogen) atoms. The molecule has 1 N–H and O–H groups in total. The molecule has 1 aliphatic rings. The molecule has 0 saturated carbocycles. The second-order valence-corrected chi connectivity index (χ2v) is 3.63. The average molecular weight is 197 g/mol. The number of para-hydroxylation sites is 1. The van der Waals surface area contributed by atoms with E-state index in [1.54, 1.807) is 6.20 Å². The maximum absolute atomic E-state index is 4.23. The van der Waals surface area contributed by atoms with Crippen molar-refractivity contribution < 1.29 is 0 Å². The molecule has 2 aromatic rings. The number of hydrogen-bond donors (Lipinski definition) is 1. The van der Waals surface area contributed by atoms with Gasteiger partial charge in [-0.15, -0.1) is 0 Å². The summed E-state index contributed by atoms with van der Waals surface area (Å²) in [5, 5.41) is 11.6. The summed E-state index contributed by atoms with van der Waals surface area (Å²) in [6.07, 6.45) is 2.76. The van der Waals surface area contributed by atoms with Gasteiger partial charge < -0.3 is 5.32 Å². The third-order valence-electron chi connectivity index (χ3n) is 2.70. The van der Waals surface area contributed by atoms with Gasteiger partial charge in [0.1, 0.15) is 0 Å². The second-order valence-electron chi connectivity index (χ2n) is 3.63. The smallest absolute Gasteiger partial charge is 0.0982 e. The number of nitrogens with one attached hydrogen (secondary N) is 1. The van der Waals surface area contributed by atoms with E-state index in [0.29, 0.717) is 0 Å². The van der Waals surface area contributed by atoms with E-state index >= 15 is 0 Å². The maximum Gasteiger partial charge on any atom is 0.0982 e. The molecular formula is C12H11N3. The Balaban J connectivity index is 2.27. The number of fused-ring (bicyclic) bond motifs is 3. The van der Waals surface area contributed by atoms with Crippen molar-refractivity contribution in [2.75, 3.05) is 11.9 Å². The Morgan fingerprint density at radius 1 is 1.13 bits per heavy atom. The zero-order chi connectivity index (χ0) is 10.1. The van der Waals surface area contributed by atoms with Crippen LogP contribution >= 0.6 is 0 Å². The summed E-state index contributed by atoms with van der Waals surface area (Å²) < 4.78 is 0. The van der Waals surface area contributed by atoms with Crippen LogP contribution in [-0.2, 0) is 6.42 Å². The summed E-state index contributed by atoms with van der Waals surface area (Å²) in [6.45, 7) is 0.954. The molecule has 3 rings (SSSR count). The van der Waals surface area contributed by atoms with Gasteiger partial charge in [-0.2, -0.15) is 10.2 Å². The number of nitrogens with zero attached hydrogens (tertiary/aromatic N) is 2. The third kappa shape index (κ3) is 1.36. The monoisotopic (exact) mass is 197 g/mol. The molecule has 3 nitrogen and oxygen atoms in total. The van der Waals surface area contributed by atoms with Crippen LogP contribution in [0, 0.1) is 0 Å². The van der Waals surface area contributed by atoms with Gasteiger partial charge in [0.2, 0.25) is 0 Å². The third-order valence-corrected chi connectivity index (χ3v) is 2.70. The zero-order valence-corrected chi connectivity index (χ0v) is 8.27. The molecular weight excluding hydrogens is 186 g/mol. The highest BCUT2D eigenvalue weighted by molar-refractivity contribution is 5.78. The van der Waals surface area contributed by atoms with Crippen molar-refractivity contribution in [2.45, 2.75) is 6.42 Å². The van der Waals surface area contributed by atoms with E-state index in [1.165, 1.54) is 5.56 Å². The first-order valence-electron chi connectivity index (χ1n) is 5.09. The Morgan fingerprint density at radius 2 is 2.07 bits per heavy atom. The first kappa shape index (κ1) is 8.41. The minimum atomic E-state index is 0.954. The Bertz CT molecular complexity index is 448. The van der Waals surface area contributed by atoms with Gasteiger partial charge >= 0.3 is 0 Å². The van der Waals surface area contributed by atoms with Crippen molar-refractivity contribution in [3.05, 3.63) is 42.1 Å². The highest BCUT2D eigenvalue weighted by atomic mass is 15.1. The summed E-state index contributed by atoms with van der Waals surface area (Å²) in [4.78, 5) is 0. The van der Waals surface area contributed by atoms with E-state index in [4.69, 9.17) is 0 Å². The number of anilines is 1. The average Bonchev–Trinajstić information content (AvgIpc) is 2.48. The zero-order valence-electron chi connectivity index (χ0n) is 8.27. The van der Waals surface area contributed by atoms with E-state index in [-0.39, 0.29) is 0 Å². The summed E-state index contributed by atoms with van der Waals surface area (Å²) in [5.74, 6) is 0. The largest absolute Gasteiger partial charge is 0.384 e. The summed E-state index contributed by atoms with van der Waals surface area (Å²) in [6, 6.07) is 10.3. The molecule has 3 heteroatoms. The molecule has 0 spiro atoms. The van der Waals surface area contributed by atoms with Crippen LogP contribution in [0.25, 0.3) is 11.3 Å². The molecule has 0 unspecified atom stereocenters. The van der Waals surface area contributed by atoms with Gasteiger partial charge in [-0.1, -0.05) is 18.2 Å². The summed E-state index contributed by atoms with van der Waals surface area (Å²) in [7, 11) is 0. The molecule has 1 aromatic heterocycles. The first-order valence-corrected chi connectivity index (χ1v) is 5.09. The predicted molar refractivity (Wildman–Crippen MR) is 59.7 cm³/mol. The minimum Gasteiger partial charge on any atom is -0.384 e. The lowest BCUT2D eigenvalue weighted by Gasteiger charge is -2.06. The molecule has 0 fully saturated rings. The molecule has 74 valence electrons. The van der Waals surface area contributed by atoms with E-state index < -0.39 is 0 Å². The van der Waals surface area contributed by atoms with Gasteiger partial charge in [0.05, 0.1) is 5.69 Å². The van der Waals surface area contributed by atoms with E-state index in [1.807, 2.05) is 18.2 Å². The van der Waals surface area contributed by atoms with Gasteiger partial charge in [0.15, 0.2) is 0 Å². The highest BCUT2D eigenvalue weighted by Crippen LogP contribution is 2.30. The molecule has 0 radical (unpaired) electrons. The Morgan fingerprint density at radius 3 is 3.07 bits per heavy atom. The lowest BCUT2D eigenvalue weighted by atomic mass is 10.1. The molecule has 1 aliphatic heterocycles. The van der Waals surface area contributed by atoms with Crippen molar-refractivity contribution in [1.82, 2.24) is 10.2 Å². The van der Waals surface area contributed by atoms with Crippen LogP contribution in [0.4, 0.5) is 5.69 Å². The Labute approximate surface area is 88.2 Å². The van der Waals surface area contributed by atoms with Crippen molar-refractivity contribution in [2.24, 2.45) is 0 Å². The van der Waals surface area contributed by atoms with E-state index in [9.17, 15) is 0 Å². The molecule has 2 heterocycles. The summed E-state index contributed by atoms with van der Waals surface area (Å²) in [5.41, 5.74) is 4.58. The topological polar surface area (TPSA) is 37.8 Å². The normalized spacial score (nSPS) is 13.3. The minimum absolute atomic E-state index is 0.954. The van der Waals surface area contributed by atoms with Gasteiger partial charge in [-0.25, -0.2) is 0 Å². The standard InChI is InChI=1S/C12H11N3/c1-2-4-11-10(3-1)12-9(5-7-13-11)6-8-14-15-12/h1-4,6,8,13H,5,7H2. The quantitative estimate of drug-likeness (QED) is 0.703. The van der Waals surface area contributed by atoms with Gasteiger partial charge in [0, 0.05) is 24.0 Å². The van der Waals surface area contributed by atoms with Crippen LogP contribution in [0.3, 0.4) is 0 Å². The lowest BCUT2D eigenvalue weighted by Crippen LogP contribution is -2.01. The van der Waals surface area contributed by atoms with Crippen LogP contribution in [0.1, 0.15) is 5.56 Å². The highest BCUT2D eigenvalue weighted by Gasteiger charge is 2.14. The number of benzene rings is 1. The van der Waals surface area contributed by atoms with Gasteiger partial charge in [0.25, 0.3) is 0 Å². The Hall–Kier alpha value is -1.90. The number of rotatable bonds is 0. The van der Waals surface area contributed by atoms with Crippen LogP contribution < -0.4 is 5.32 Å². The van der Waals surface area contributed by atoms with E-state index in [2.05, 4.69) is 27.6 Å². The van der Waals surface area contributed by atoms with Gasteiger partial charge in [-0.05, 0) is 24.1 Å². The Kier molecular flexibility index (Phi) is 1.88. The fraction of sp³-hybridized carbons (Fsp3) is 0.167. The van der Waals surface area contributed by atoms with Crippen LogP contribution in [0.15, 0.2) is 36.5 Å². The van der Waals surface area contributed by atoms with Gasteiger partial charge in [-0.3, -0.25) is 0 Å². The van der Waals surface area contributed by atoms with Crippen molar-refractivity contribution in [3.63, 3.8) is 0 Å². The fourth-order valence-electron chi connectivity index (χ4n) is 1.96.